The van der Waals surface area contributed by atoms with E-state index in [4.69, 9.17) is 5.11 Å². The topological polar surface area (TPSA) is 67.2 Å². The number of carbonyl (C=O) groups is 1. The van der Waals surface area contributed by atoms with Gasteiger partial charge in [-0.15, -0.1) is 0 Å². The fourth-order valence-corrected chi connectivity index (χ4v) is 1.89. The lowest BCUT2D eigenvalue weighted by atomic mass is 10.2. The molecule has 0 unspecified atom stereocenters. The van der Waals surface area contributed by atoms with Crippen molar-refractivity contribution in [3.05, 3.63) is 48.0 Å². The van der Waals surface area contributed by atoms with Crippen molar-refractivity contribution >= 4 is 11.7 Å². The second kappa shape index (κ2) is 5.56. The third-order valence-electron chi connectivity index (χ3n) is 2.89. The fraction of sp³-hybridized carbons (Fsp3) is 0.286. The smallest absolute Gasteiger partial charge is 0.335 e. The van der Waals surface area contributed by atoms with Crippen molar-refractivity contribution in [3.63, 3.8) is 0 Å². The van der Waals surface area contributed by atoms with E-state index >= 15 is 0 Å². The highest BCUT2D eigenvalue weighted by Gasteiger charge is 2.06. The minimum atomic E-state index is -0.920. The Bertz CT molecular complexity index is 576. The van der Waals surface area contributed by atoms with Gasteiger partial charge in [0.2, 0.25) is 0 Å². The summed E-state index contributed by atoms with van der Waals surface area (Å²) in [5.74, 6) is -0.920. The van der Waals surface area contributed by atoms with Gasteiger partial charge in [0.15, 0.2) is 0 Å². The van der Waals surface area contributed by atoms with E-state index in [1.54, 1.807) is 24.5 Å². The van der Waals surface area contributed by atoms with E-state index < -0.39 is 5.97 Å². The summed E-state index contributed by atoms with van der Waals surface area (Å²) in [5.41, 5.74) is 2.13. The molecule has 100 valence electrons. The van der Waals surface area contributed by atoms with Crippen LogP contribution in [-0.2, 0) is 6.54 Å². The number of rotatable bonds is 5. The molecule has 0 aliphatic heterocycles. The first-order valence-electron chi connectivity index (χ1n) is 6.16. The molecule has 2 rings (SSSR count). The Morgan fingerprint density at radius 2 is 2.26 bits per heavy atom. The van der Waals surface area contributed by atoms with Crippen LogP contribution in [0.15, 0.2) is 36.8 Å². The number of hydrogen-bond acceptors (Lipinski definition) is 3. The van der Waals surface area contributed by atoms with E-state index in [1.807, 2.05) is 12.3 Å². The maximum atomic E-state index is 10.9. The van der Waals surface area contributed by atoms with Crippen molar-refractivity contribution in [2.75, 3.05) is 5.32 Å². The molecule has 0 aliphatic rings. The third kappa shape index (κ3) is 3.13. The molecular formula is C14H17N3O2. The van der Waals surface area contributed by atoms with Crippen molar-refractivity contribution in [1.82, 2.24) is 9.55 Å². The van der Waals surface area contributed by atoms with Crippen molar-refractivity contribution in [1.29, 1.82) is 0 Å². The van der Waals surface area contributed by atoms with Gasteiger partial charge in [0, 0.05) is 17.9 Å². The Morgan fingerprint density at radius 3 is 2.95 bits per heavy atom. The van der Waals surface area contributed by atoms with Gasteiger partial charge in [-0.05, 0) is 32.0 Å². The zero-order chi connectivity index (χ0) is 13.8. The number of imidazole rings is 1. The van der Waals surface area contributed by atoms with Crippen LogP contribution in [0.4, 0.5) is 5.69 Å². The van der Waals surface area contributed by atoms with Gasteiger partial charge in [-0.1, -0.05) is 6.07 Å². The molecule has 0 saturated carbocycles. The predicted molar refractivity (Wildman–Crippen MR) is 73.3 cm³/mol. The highest BCUT2D eigenvalue weighted by Crippen LogP contribution is 2.14. The van der Waals surface area contributed by atoms with Crippen molar-refractivity contribution < 1.29 is 9.90 Å². The molecule has 5 heteroatoms. The summed E-state index contributed by atoms with van der Waals surface area (Å²) in [6, 6.07) is 7.13. The van der Waals surface area contributed by atoms with Gasteiger partial charge >= 0.3 is 5.97 Å². The van der Waals surface area contributed by atoms with Crippen LogP contribution in [0.5, 0.6) is 0 Å². The number of carboxylic acid groups (broad SMARTS) is 1. The second-order valence-corrected chi connectivity index (χ2v) is 4.63. The zero-order valence-electron chi connectivity index (χ0n) is 11.0. The van der Waals surface area contributed by atoms with Gasteiger partial charge in [-0.25, -0.2) is 9.78 Å². The first-order valence-corrected chi connectivity index (χ1v) is 6.16. The summed E-state index contributed by atoms with van der Waals surface area (Å²) < 4.78 is 2.08. The van der Waals surface area contributed by atoms with E-state index in [2.05, 4.69) is 28.7 Å². The lowest BCUT2D eigenvalue weighted by Gasteiger charge is -2.13. The largest absolute Gasteiger partial charge is 0.478 e. The van der Waals surface area contributed by atoms with Crippen LogP contribution in [0, 0.1) is 0 Å². The maximum Gasteiger partial charge on any atom is 0.335 e. The molecule has 2 aromatic rings. The van der Waals surface area contributed by atoms with Gasteiger partial charge in [-0.2, -0.15) is 0 Å². The van der Waals surface area contributed by atoms with E-state index in [0.29, 0.717) is 12.6 Å². The lowest BCUT2D eigenvalue weighted by Crippen LogP contribution is -2.09. The van der Waals surface area contributed by atoms with Gasteiger partial charge < -0.3 is 15.0 Å². The number of aromatic carboxylic acids is 1. The Kier molecular flexibility index (Phi) is 3.85. The average molecular weight is 259 g/mol. The Hall–Kier alpha value is -2.30. The summed E-state index contributed by atoms with van der Waals surface area (Å²) in [6.07, 6.45) is 3.61. The molecule has 1 aromatic carbocycles. The van der Waals surface area contributed by atoms with E-state index in [9.17, 15) is 4.79 Å². The van der Waals surface area contributed by atoms with Gasteiger partial charge in [0.1, 0.15) is 0 Å². The number of nitrogens with one attached hydrogen (secondary N) is 1. The van der Waals surface area contributed by atoms with E-state index in [1.165, 1.54) is 0 Å². The fourth-order valence-electron chi connectivity index (χ4n) is 1.89. The average Bonchev–Trinajstić information content (AvgIpc) is 2.85. The zero-order valence-corrected chi connectivity index (χ0v) is 11.0. The van der Waals surface area contributed by atoms with Crippen LogP contribution in [0.2, 0.25) is 0 Å². The summed E-state index contributed by atoms with van der Waals surface area (Å²) in [4.78, 5) is 15.0. The minimum Gasteiger partial charge on any atom is -0.478 e. The third-order valence-corrected chi connectivity index (χ3v) is 2.89. The molecule has 0 radical (unpaired) electrons. The normalized spacial score (nSPS) is 10.7. The summed E-state index contributed by atoms with van der Waals surface area (Å²) >= 11 is 0. The molecule has 0 spiro atoms. The number of carboxylic acids is 1. The second-order valence-electron chi connectivity index (χ2n) is 4.63. The predicted octanol–water partition coefficient (Wildman–Crippen LogP) is 2.77. The monoisotopic (exact) mass is 259 g/mol. The van der Waals surface area contributed by atoms with Gasteiger partial charge in [-0.3, -0.25) is 0 Å². The maximum absolute atomic E-state index is 10.9. The quantitative estimate of drug-likeness (QED) is 0.866. The molecule has 0 saturated heterocycles. The highest BCUT2D eigenvalue weighted by molar-refractivity contribution is 5.88. The molecule has 1 aromatic heterocycles. The number of anilines is 1. The molecule has 2 N–H and O–H groups in total. The van der Waals surface area contributed by atoms with Crippen LogP contribution < -0.4 is 5.32 Å². The van der Waals surface area contributed by atoms with Crippen LogP contribution in [-0.4, -0.2) is 20.6 Å². The molecule has 5 nitrogen and oxygen atoms in total. The van der Waals surface area contributed by atoms with Crippen LogP contribution in [0.1, 0.15) is 35.9 Å². The lowest BCUT2D eigenvalue weighted by molar-refractivity contribution is 0.0697. The molecular weight excluding hydrogens is 242 g/mol. The standard InChI is InChI=1S/C14H17N3O2/c1-10(2)17-9-15-7-13(17)8-16-12-5-3-4-11(6-12)14(18)19/h3-7,9-10,16H,8H2,1-2H3,(H,18,19). The Labute approximate surface area is 111 Å². The number of benzene rings is 1. The molecule has 0 aliphatic carbocycles. The molecule has 0 atom stereocenters. The van der Waals surface area contributed by atoms with Crippen LogP contribution in [0.25, 0.3) is 0 Å². The van der Waals surface area contributed by atoms with Crippen LogP contribution >= 0.6 is 0 Å². The van der Waals surface area contributed by atoms with E-state index in [0.717, 1.165) is 11.4 Å². The van der Waals surface area contributed by atoms with Gasteiger partial charge in [0.05, 0.1) is 24.1 Å². The highest BCUT2D eigenvalue weighted by atomic mass is 16.4. The molecule has 1 heterocycles. The van der Waals surface area contributed by atoms with E-state index in [-0.39, 0.29) is 5.56 Å². The molecule has 19 heavy (non-hydrogen) atoms. The summed E-state index contributed by atoms with van der Waals surface area (Å²) in [6.45, 7) is 4.80. The molecule has 0 amide bonds. The number of nitrogens with zero attached hydrogens (tertiary/aromatic N) is 2. The Morgan fingerprint density at radius 1 is 1.47 bits per heavy atom. The number of hydrogen-bond donors (Lipinski definition) is 2. The SMILES string of the molecule is CC(C)n1cncc1CNc1cccc(C(=O)O)c1. The molecule has 0 bridgehead atoms. The summed E-state index contributed by atoms with van der Waals surface area (Å²) in [5, 5.41) is 12.1. The summed E-state index contributed by atoms with van der Waals surface area (Å²) in [7, 11) is 0. The van der Waals surface area contributed by atoms with Crippen molar-refractivity contribution in [2.45, 2.75) is 26.4 Å². The minimum absolute atomic E-state index is 0.280. The van der Waals surface area contributed by atoms with Gasteiger partial charge in [0.25, 0.3) is 0 Å². The first kappa shape index (κ1) is 13.1. The van der Waals surface area contributed by atoms with Crippen LogP contribution in [0.3, 0.4) is 0 Å². The number of aromatic nitrogens is 2. The van der Waals surface area contributed by atoms with Crippen molar-refractivity contribution in [3.8, 4) is 0 Å². The molecule has 0 fully saturated rings. The Balaban J connectivity index is 2.08. The van der Waals surface area contributed by atoms with Crippen molar-refractivity contribution in [2.24, 2.45) is 0 Å². The first-order chi connectivity index (χ1) is 9.08.